The molecule has 2 saturated heterocycles. The van der Waals surface area contributed by atoms with Crippen molar-refractivity contribution < 1.29 is 13.2 Å². The number of thiophene rings is 1. The van der Waals surface area contributed by atoms with Crippen molar-refractivity contribution in [3.8, 4) is 0 Å². The predicted octanol–water partition coefficient (Wildman–Crippen LogP) is 2.23. The van der Waals surface area contributed by atoms with Gasteiger partial charge in [0, 0.05) is 38.3 Å². The third-order valence-electron chi connectivity index (χ3n) is 5.72. The van der Waals surface area contributed by atoms with Gasteiger partial charge in [0.15, 0.2) is 0 Å². The van der Waals surface area contributed by atoms with Crippen molar-refractivity contribution in [3.63, 3.8) is 0 Å². The Morgan fingerprint density at radius 3 is 2.31 bits per heavy atom. The number of piperidine rings is 1. The molecular weight excluding hydrogens is 370 g/mol. The fraction of sp³-hybridized carbons (Fsp3) is 0.722. The molecule has 8 heteroatoms. The lowest BCUT2D eigenvalue weighted by Gasteiger charge is -2.43. The van der Waals surface area contributed by atoms with E-state index in [1.54, 1.807) is 21.8 Å². The van der Waals surface area contributed by atoms with Crippen LogP contribution in [0.2, 0.25) is 0 Å². The number of hydrogen-bond acceptors (Lipinski definition) is 5. The first-order valence-electron chi connectivity index (χ1n) is 9.42. The van der Waals surface area contributed by atoms with Gasteiger partial charge in [0.2, 0.25) is 5.91 Å². The Balaban J connectivity index is 1.61. The van der Waals surface area contributed by atoms with Gasteiger partial charge in [0.05, 0.1) is 6.04 Å². The topological polar surface area (TPSA) is 60.9 Å². The van der Waals surface area contributed by atoms with E-state index in [9.17, 15) is 13.2 Å². The van der Waals surface area contributed by atoms with Gasteiger partial charge in [-0.15, -0.1) is 11.3 Å². The van der Waals surface area contributed by atoms with E-state index < -0.39 is 10.0 Å². The number of nitrogens with zero attached hydrogens (tertiary/aromatic N) is 3. The monoisotopic (exact) mass is 399 g/mol. The second-order valence-corrected chi connectivity index (χ2v) is 10.5. The van der Waals surface area contributed by atoms with Crippen LogP contribution in [-0.4, -0.2) is 72.7 Å². The molecule has 3 rings (SSSR count). The molecule has 0 N–H and O–H groups in total. The molecule has 0 bridgehead atoms. The highest BCUT2D eigenvalue weighted by Crippen LogP contribution is 2.26. The molecule has 2 aliphatic heterocycles. The van der Waals surface area contributed by atoms with Crippen LogP contribution in [0.15, 0.2) is 21.7 Å². The van der Waals surface area contributed by atoms with E-state index >= 15 is 0 Å². The minimum atomic E-state index is -3.40. The highest BCUT2D eigenvalue weighted by molar-refractivity contribution is 7.91. The van der Waals surface area contributed by atoms with Crippen LogP contribution in [0.25, 0.3) is 0 Å². The molecule has 6 nitrogen and oxygen atoms in total. The Bertz CT molecular complexity index is 702. The lowest BCUT2D eigenvalue weighted by molar-refractivity contribution is -0.143. The van der Waals surface area contributed by atoms with E-state index in [1.165, 1.54) is 17.8 Å². The number of carbonyl (C=O) groups is 1. The fourth-order valence-corrected chi connectivity index (χ4v) is 6.66. The molecule has 2 fully saturated rings. The van der Waals surface area contributed by atoms with Crippen molar-refractivity contribution in [3.05, 3.63) is 17.5 Å². The molecule has 0 aliphatic carbocycles. The molecule has 1 aromatic heterocycles. The molecule has 1 aromatic rings. The number of likely N-dealkylation sites (tertiary alicyclic amines) is 1. The minimum Gasteiger partial charge on any atom is -0.336 e. The van der Waals surface area contributed by atoms with Gasteiger partial charge in [-0.05, 0) is 51.5 Å². The first kappa shape index (κ1) is 19.8. The molecule has 3 heterocycles. The Morgan fingerprint density at radius 2 is 1.77 bits per heavy atom. The standard InChI is InChI=1S/C18H29N3O3S2/c1-14-6-4-7-15(2)21(14)18(22)16(3)19-9-11-20(12-10-19)26(23,24)17-8-5-13-25-17/h5,8,13-16H,4,6-7,9-12H2,1-3H3/t14-,15-,16+/m0/s1. The highest BCUT2D eigenvalue weighted by Gasteiger charge is 2.36. The molecule has 0 radical (unpaired) electrons. The molecule has 146 valence electrons. The summed E-state index contributed by atoms with van der Waals surface area (Å²) in [5, 5.41) is 1.78. The molecule has 0 unspecified atom stereocenters. The van der Waals surface area contributed by atoms with Crippen molar-refractivity contribution in [1.29, 1.82) is 0 Å². The van der Waals surface area contributed by atoms with Gasteiger partial charge in [-0.25, -0.2) is 8.42 Å². The third-order valence-corrected chi connectivity index (χ3v) is 8.99. The van der Waals surface area contributed by atoms with Crippen molar-refractivity contribution in [1.82, 2.24) is 14.1 Å². The van der Waals surface area contributed by atoms with Crippen LogP contribution >= 0.6 is 11.3 Å². The smallest absolute Gasteiger partial charge is 0.252 e. The first-order chi connectivity index (χ1) is 12.3. The normalized spacial score (nSPS) is 27.4. The summed E-state index contributed by atoms with van der Waals surface area (Å²) in [5.41, 5.74) is 0. The number of hydrogen-bond donors (Lipinski definition) is 0. The SMILES string of the molecule is C[C@H](C(=O)N1[C@@H](C)CCC[C@@H]1C)N1CCN(S(=O)(=O)c2cccs2)CC1. The molecular formula is C18H29N3O3S2. The Kier molecular flexibility index (Phi) is 6.06. The molecule has 0 saturated carbocycles. The minimum absolute atomic E-state index is 0.180. The Hall–Kier alpha value is -0.960. The maximum Gasteiger partial charge on any atom is 0.252 e. The molecule has 0 spiro atoms. The van der Waals surface area contributed by atoms with Crippen LogP contribution in [0.3, 0.4) is 0 Å². The van der Waals surface area contributed by atoms with Gasteiger partial charge < -0.3 is 4.90 Å². The largest absolute Gasteiger partial charge is 0.336 e. The van der Waals surface area contributed by atoms with Gasteiger partial charge in [-0.2, -0.15) is 4.31 Å². The zero-order valence-electron chi connectivity index (χ0n) is 15.8. The van der Waals surface area contributed by atoms with Gasteiger partial charge in [0.1, 0.15) is 4.21 Å². The predicted molar refractivity (Wildman–Crippen MR) is 104 cm³/mol. The van der Waals surface area contributed by atoms with Crippen LogP contribution in [0, 0.1) is 0 Å². The molecule has 1 amide bonds. The lowest BCUT2D eigenvalue weighted by atomic mass is 9.96. The van der Waals surface area contributed by atoms with Crippen molar-refractivity contribution >= 4 is 27.3 Å². The van der Waals surface area contributed by atoms with E-state index in [1.807, 2.05) is 11.8 Å². The van der Waals surface area contributed by atoms with E-state index in [-0.39, 0.29) is 24.0 Å². The third kappa shape index (κ3) is 3.83. The quantitative estimate of drug-likeness (QED) is 0.779. The summed E-state index contributed by atoms with van der Waals surface area (Å²) < 4.78 is 27.2. The van der Waals surface area contributed by atoms with Gasteiger partial charge in [-0.3, -0.25) is 9.69 Å². The summed E-state index contributed by atoms with van der Waals surface area (Å²) in [7, 11) is -3.40. The van der Waals surface area contributed by atoms with E-state index in [0.717, 1.165) is 12.8 Å². The summed E-state index contributed by atoms with van der Waals surface area (Å²) in [4.78, 5) is 17.2. The Labute approximate surface area is 160 Å². The van der Waals surface area contributed by atoms with Crippen LogP contribution in [0.1, 0.15) is 40.0 Å². The molecule has 3 atom stereocenters. The average molecular weight is 400 g/mol. The van der Waals surface area contributed by atoms with Crippen LogP contribution in [0.5, 0.6) is 0 Å². The van der Waals surface area contributed by atoms with Gasteiger partial charge >= 0.3 is 0 Å². The average Bonchev–Trinajstić information content (AvgIpc) is 3.16. The number of rotatable bonds is 4. The van der Waals surface area contributed by atoms with Crippen molar-refractivity contribution in [2.75, 3.05) is 26.2 Å². The van der Waals surface area contributed by atoms with Crippen LogP contribution in [0.4, 0.5) is 0 Å². The van der Waals surface area contributed by atoms with Crippen LogP contribution < -0.4 is 0 Å². The number of amides is 1. The summed E-state index contributed by atoms with van der Waals surface area (Å²) in [6, 6.07) is 3.78. The molecule has 0 aromatic carbocycles. The fourth-order valence-electron chi connectivity index (χ4n) is 4.10. The van der Waals surface area contributed by atoms with Crippen molar-refractivity contribution in [2.24, 2.45) is 0 Å². The van der Waals surface area contributed by atoms with E-state index in [4.69, 9.17) is 0 Å². The molecule has 26 heavy (non-hydrogen) atoms. The second-order valence-electron chi connectivity index (χ2n) is 7.42. The Morgan fingerprint density at radius 1 is 1.15 bits per heavy atom. The van der Waals surface area contributed by atoms with Gasteiger partial charge in [0.25, 0.3) is 10.0 Å². The van der Waals surface area contributed by atoms with E-state index in [0.29, 0.717) is 30.4 Å². The summed E-state index contributed by atoms with van der Waals surface area (Å²) in [6.07, 6.45) is 3.31. The number of sulfonamides is 1. The van der Waals surface area contributed by atoms with Gasteiger partial charge in [-0.1, -0.05) is 6.07 Å². The number of carbonyl (C=O) groups excluding carboxylic acids is 1. The lowest BCUT2D eigenvalue weighted by Crippen LogP contribution is -2.58. The summed E-state index contributed by atoms with van der Waals surface area (Å²) in [5.74, 6) is 0.180. The summed E-state index contributed by atoms with van der Waals surface area (Å²) in [6.45, 7) is 8.27. The second kappa shape index (κ2) is 7.96. The van der Waals surface area contributed by atoms with E-state index in [2.05, 4.69) is 18.7 Å². The molecule has 2 aliphatic rings. The van der Waals surface area contributed by atoms with Crippen LogP contribution in [-0.2, 0) is 14.8 Å². The first-order valence-corrected chi connectivity index (χ1v) is 11.7. The maximum atomic E-state index is 13.0. The summed E-state index contributed by atoms with van der Waals surface area (Å²) >= 11 is 1.25. The number of piperazine rings is 1. The maximum absolute atomic E-state index is 13.0. The zero-order chi connectivity index (χ0) is 18.9. The van der Waals surface area contributed by atoms with Crippen molar-refractivity contribution in [2.45, 2.75) is 62.4 Å². The highest BCUT2D eigenvalue weighted by atomic mass is 32.2. The zero-order valence-corrected chi connectivity index (χ0v) is 17.4.